The molecule has 19 heavy (non-hydrogen) atoms. The van der Waals surface area contributed by atoms with Gasteiger partial charge in [0.25, 0.3) is 0 Å². The third-order valence-electron chi connectivity index (χ3n) is 4.02. The Bertz CT molecular complexity index is 564. The zero-order valence-corrected chi connectivity index (χ0v) is 10.6. The number of benzene rings is 1. The van der Waals surface area contributed by atoms with Crippen molar-refractivity contribution >= 4 is 23.2 Å². The third-order valence-corrected chi connectivity index (χ3v) is 4.02. The van der Waals surface area contributed by atoms with Crippen LogP contribution in [0.3, 0.4) is 0 Å². The van der Waals surface area contributed by atoms with E-state index in [9.17, 15) is 14.7 Å². The highest BCUT2D eigenvalue weighted by Crippen LogP contribution is 2.48. The van der Waals surface area contributed by atoms with E-state index in [1.807, 2.05) is 0 Å². The predicted octanol–water partition coefficient (Wildman–Crippen LogP) is 0.847. The number of carbonyl (C=O) groups excluding carboxylic acids is 2. The molecule has 1 aliphatic carbocycles. The molecular formula is C14H16N2O3. The maximum absolute atomic E-state index is 12.5. The van der Waals surface area contributed by atoms with Crippen molar-refractivity contribution < 1.29 is 14.7 Å². The van der Waals surface area contributed by atoms with Gasteiger partial charge in [0.1, 0.15) is 0 Å². The number of anilines is 2. The van der Waals surface area contributed by atoms with Crippen molar-refractivity contribution in [1.29, 1.82) is 0 Å². The van der Waals surface area contributed by atoms with Gasteiger partial charge in [-0.3, -0.25) is 9.59 Å². The number of nitrogens with two attached hydrogens (primary N) is 1. The topological polar surface area (TPSA) is 83.6 Å². The lowest BCUT2D eigenvalue weighted by Gasteiger charge is -2.30. The van der Waals surface area contributed by atoms with Gasteiger partial charge in [-0.05, 0) is 43.0 Å². The van der Waals surface area contributed by atoms with Crippen LogP contribution >= 0.6 is 0 Å². The number of aliphatic hydroxyl groups excluding tert-OH is 1. The van der Waals surface area contributed by atoms with Gasteiger partial charge in [0.05, 0.1) is 17.7 Å². The van der Waals surface area contributed by atoms with E-state index in [1.165, 1.54) is 4.90 Å². The number of nitrogens with zero attached hydrogens (tertiary/aromatic N) is 1. The normalized spacial score (nSPS) is 20.1. The molecule has 2 amide bonds. The fourth-order valence-electron chi connectivity index (χ4n) is 2.56. The summed E-state index contributed by atoms with van der Waals surface area (Å²) in [5, 5.41) is 9.36. The number of carbonyl (C=O) groups is 2. The van der Waals surface area contributed by atoms with E-state index in [-0.39, 0.29) is 18.4 Å². The van der Waals surface area contributed by atoms with Crippen LogP contribution < -0.4 is 10.6 Å². The lowest BCUT2D eigenvalue weighted by molar-refractivity contribution is -0.130. The first-order valence-corrected chi connectivity index (χ1v) is 6.44. The Balaban J connectivity index is 2.02. The first-order chi connectivity index (χ1) is 9.07. The van der Waals surface area contributed by atoms with Gasteiger partial charge in [-0.25, -0.2) is 4.90 Å². The zero-order chi connectivity index (χ0) is 13.6. The van der Waals surface area contributed by atoms with Gasteiger partial charge in [-0.1, -0.05) is 0 Å². The minimum atomic E-state index is -0.730. The Morgan fingerprint density at radius 2 is 2.11 bits per heavy atom. The van der Waals surface area contributed by atoms with Gasteiger partial charge in [-0.2, -0.15) is 0 Å². The second-order valence-electron chi connectivity index (χ2n) is 5.36. The summed E-state index contributed by atoms with van der Waals surface area (Å²) in [6.07, 6.45) is 2.21. The molecule has 1 saturated carbocycles. The number of aliphatic hydroxyl groups is 1. The summed E-state index contributed by atoms with van der Waals surface area (Å²) in [5.74, 6) is -0.465. The molecule has 1 aromatic carbocycles. The summed E-state index contributed by atoms with van der Waals surface area (Å²) < 4.78 is 0. The molecule has 1 aromatic rings. The summed E-state index contributed by atoms with van der Waals surface area (Å²) >= 11 is 0. The maximum Gasteiger partial charge on any atom is 0.242 e. The molecule has 1 aliphatic heterocycles. The zero-order valence-electron chi connectivity index (χ0n) is 10.6. The number of nitrogen functional groups attached to an aromatic ring is 1. The van der Waals surface area contributed by atoms with E-state index in [0.717, 1.165) is 5.56 Å². The van der Waals surface area contributed by atoms with E-state index in [0.29, 0.717) is 37.1 Å². The second-order valence-corrected chi connectivity index (χ2v) is 5.36. The van der Waals surface area contributed by atoms with Crippen molar-refractivity contribution in [1.82, 2.24) is 0 Å². The second kappa shape index (κ2) is 4.06. The van der Waals surface area contributed by atoms with Gasteiger partial charge >= 0.3 is 0 Å². The molecule has 0 spiro atoms. The Kier molecular flexibility index (Phi) is 2.60. The molecule has 0 aromatic heterocycles. The average molecular weight is 260 g/mol. The van der Waals surface area contributed by atoms with Crippen LogP contribution in [0.25, 0.3) is 0 Å². The van der Waals surface area contributed by atoms with E-state index in [4.69, 9.17) is 5.73 Å². The maximum atomic E-state index is 12.5. The van der Waals surface area contributed by atoms with Gasteiger partial charge < -0.3 is 10.8 Å². The Labute approximate surface area is 111 Å². The van der Waals surface area contributed by atoms with Crippen LogP contribution in [0.2, 0.25) is 0 Å². The monoisotopic (exact) mass is 260 g/mol. The first-order valence-electron chi connectivity index (χ1n) is 6.44. The number of aryl methyl sites for hydroxylation is 1. The SMILES string of the molecule is Nc1ccc2c(c1)CCC(=O)N2C(=O)C1(CO)CC1. The van der Waals surface area contributed by atoms with Crippen molar-refractivity contribution in [2.45, 2.75) is 25.7 Å². The van der Waals surface area contributed by atoms with Gasteiger partial charge in [0.15, 0.2) is 0 Å². The van der Waals surface area contributed by atoms with Crippen molar-refractivity contribution in [2.75, 3.05) is 17.2 Å². The summed E-state index contributed by atoms with van der Waals surface area (Å²) in [6, 6.07) is 5.21. The summed E-state index contributed by atoms with van der Waals surface area (Å²) in [4.78, 5) is 25.8. The molecule has 5 heteroatoms. The van der Waals surface area contributed by atoms with Crippen LogP contribution in [0.4, 0.5) is 11.4 Å². The number of hydrogen-bond acceptors (Lipinski definition) is 4. The molecule has 5 nitrogen and oxygen atoms in total. The molecule has 3 rings (SSSR count). The van der Waals surface area contributed by atoms with Crippen molar-refractivity contribution in [3.05, 3.63) is 23.8 Å². The largest absolute Gasteiger partial charge is 0.399 e. The van der Waals surface area contributed by atoms with Gasteiger partial charge in [0, 0.05) is 12.1 Å². The molecule has 0 unspecified atom stereocenters. The highest BCUT2D eigenvalue weighted by Gasteiger charge is 2.53. The van der Waals surface area contributed by atoms with E-state index < -0.39 is 5.41 Å². The van der Waals surface area contributed by atoms with Crippen LogP contribution in [0.15, 0.2) is 18.2 Å². The Morgan fingerprint density at radius 3 is 2.74 bits per heavy atom. The number of imide groups is 1. The molecule has 0 saturated heterocycles. The molecule has 100 valence electrons. The molecule has 1 fully saturated rings. The van der Waals surface area contributed by atoms with E-state index >= 15 is 0 Å². The number of fused-ring (bicyclic) bond motifs is 1. The van der Waals surface area contributed by atoms with Crippen LogP contribution in [-0.2, 0) is 16.0 Å². The minimum Gasteiger partial charge on any atom is -0.399 e. The first kappa shape index (κ1) is 12.2. The summed E-state index contributed by atoms with van der Waals surface area (Å²) in [6.45, 7) is -0.195. The van der Waals surface area contributed by atoms with Crippen molar-refractivity contribution in [2.24, 2.45) is 5.41 Å². The molecule has 0 radical (unpaired) electrons. The van der Waals surface area contributed by atoms with Gasteiger partial charge in [-0.15, -0.1) is 0 Å². The summed E-state index contributed by atoms with van der Waals surface area (Å²) in [7, 11) is 0. The predicted molar refractivity (Wildman–Crippen MR) is 70.4 cm³/mol. The molecule has 0 bridgehead atoms. The molecule has 0 atom stereocenters. The van der Waals surface area contributed by atoms with Crippen LogP contribution in [-0.4, -0.2) is 23.5 Å². The fraction of sp³-hybridized carbons (Fsp3) is 0.429. The number of hydrogen-bond donors (Lipinski definition) is 2. The van der Waals surface area contributed by atoms with Crippen molar-refractivity contribution in [3.63, 3.8) is 0 Å². The molecular weight excluding hydrogens is 244 g/mol. The summed E-state index contributed by atoms with van der Waals surface area (Å²) in [5.41, 5.74) is 7.17. The fourth-order valence-corrected chi connectivity index (χ4v) is 2.56. The number of amides is 2. The lowest BCUT2D eigenvalue weighted by Crippen LogP contribution is -2.45. The highest BCUT2D eigenvalue weighted by atomic mass is 16.3. The average Bonchev–Trinajstić information content (AvgIpc) is 3.19. The Morgan fingerprint density at radius 1 is 1.37 bits per heavy atom. The smallest absolute Gasteiger partial charge is 0.242 e. The van der Waals surface area contributed by atoms with Gasteiger partial charge in [0.2, 0.25) is 11.8 Å². The molecule has 1 heterocycles. The van der Waals surface area contributed by atoms with Crippen molar-refractivity contribution in [3.8, 4) is 0 Å². The third kappa shape index (κ3) is 1.81. The molecule has 2 aliphatic rings. The van der Waals surface area contributed by atoms with Crippen LogP contribution in [0, 0.1) is 5.41 Å². The highest BCUT2D eigenvalue weighted by molar-refractivity contribution is 6.18. The Hall–Kier alpha value is -1.88. The minimum absolute atomic E-state index is 0.193. The lowest BCUT2D eigenvalue weighted by atomic mass is 9.97. The number of rotatable bonds is 2. The molecule has 3 N–H and O–H groups in total. The van der Waals surface area contributed by atoms with Crippen LogP contribution in [0.5, 0.6) is 0 Å². The van der Waals surface area contributed by atoms with Crippen LogP contribution in [0.1, 0.15) is 24.8 Å². The van der Waals surface area contributed by atoms with E-state index in [2.05, 4.69) is 0 Å². The standard InChI is InChI=1S/C14H16N2O3/c15-10-2-3-11-9(7-10)1-4-12(18)16(11)13(19)14(8-17)5-6-14/h2-3,7,17H,1,4-6,8,15H2. The van der Waals surface area contributed by atoms with E-state index in [1.54, 1.807) is 18.2 Å². The quantitative estimate of drug-likeness (QED) is 0.610.